The van der Waals surface area contributed by atoms with Gasteiger partial charge in [-0.1, -0.05) is 24.8 Å². The highest BCUT2D eigenvalue weighted by Crippen LogP contribution is 2.23. The lowest BCUT2D eigenvalue weighted by Crippen LogP contribution is -2.28. The molecule has 1 aliphatic rings. The van der Waals surface area contributed by atoms with Crippen molar-refractivity contribution in [3.63, 3.8) is 0 Å². The zero-order chi connectivity index (χ0) is 17.4. The number of benzene rings is 1. The SMILES string of the molecule is C=CCN=C1NC(=O)[C@H](CC(=O)Nc2ccc(OCCC)cc2)S1. The van der Waals surface area contributed by atoms with Crippen molar-refractivity contribution in [1.82, 2.24) is 5.32 Å². The summed E-state index contributed by atoms with van der Waals surface area (Å²) in [5.74, 6) is 0.361. The predicted molar refractivity (Wildman–Crippen MR) is 97.5 cm³/mol. The first-order chi connectivity index (χ1) is 11.6. The number of amidine groups is 1. The van der Waals surface area contributed by atoms with E-state index in [1.807, 2.05) is 19.1 Å². The van der Waals surface area contributed by atoms with Crippen LogP contribution in [0.1, 0.15) is 19.8 Å². The Labute approximate surface area is 145 Å². The molecule has 1 aromatic rings. The second-order valence-electron chi connectivity index (χ2n) is 5.16. The first-order valence-corrected chi connectivity index (χ1v) is 8.66. The smallest absolute Gasteiger partial charge is 0.240 e. The van der Waals surface area contributed by atoms with Crippen molar-refractivity contribution in [3.05, 3.63) is 36.9 Å². The quantitative estimate of drug-likeness (QED) is 0.708. The molecule has 2 rings (SSSR count). The molecule has 1 aromatic carbocycles. The number of ether oxygens (including phenoxy) is 1. The number of rotatable bonds is 8. The molecule has 6 nitrogen and oxygen atoms in total. The number of aliphatic imine (C=N–C) groups is 1. The van der Waals surface area contributed by atoms with Crippen LogP contribution in [0.25, 0.3) is 0 Å². The van der Waals surface area contributed by atoms with Crippen LogP contribution in [0.15, 0.2) is 41.9 Å². The Morgan fingerprint density at radius 2 is 2.21 bits per heavy atom. The van der Waals surface area contributed by atoms with E-state index in [0.29, 0.717) is 24.0 Å². The van der Waals surface area contributed by atoms with Gasteiger partial charge in [-0.15, -0.1) is 6.58 Å². The minimum atomic E-state index is -0.458. The van der Waals surface area contributed by atoms with Crippen LogP contribution in [0, 0.1) is 0 Å². The molecule has 128 valence electrons. The average Bonchev–Trinajstić information content (AvgIpc) is 2.92. The number of anilines is 1. The van der Waals surface area contributed by atoms with Gasteiger partial charge in [-0.3, -0.25) is 14.6 Å². The summed E-state index contributed by atoms with van der Waals surface area (Å²) < 4.78 is 5.49. The molecule has 7 heteroatoms. The van der Waals surface area contributed by atoms with E-state index in [1.54, 1.807) is 18.2 Å². The Morgan fingerprint density at radius 3 is 2.88 bits per heavy atom. The van der Waals surface area contributed by atoms with E-state index in [2.05, 4.69) is 22.2 Å². The van der Waals surface area contributed by atoms with Crippen LogP contribution in [0.3, 0.4) is 0 Å². The summed E-state index contributed by atoms with van der Waals surface area (Å²) in [5, 5.41) is 5.53. The number of hydrogen-bond acceptors (Lipinski definition) is 5. The molecule has 1 atom stereocenters. The average molecular weight is 347 g/mol. The van der Waals surface area contributed by atoms with Crippen LogP contribution in [-0.2, 0) is 9.59 Å². The van der Waals surface area contributed by atoms with Gasteiger partial charge in [0.05, 0.1) is 13.2 Å². The lowest BCUT2D eigenvalue weighted by atomic mass is 10.2. The third-order valence-electron chi connectivity index (χ3n) is 3.12. The van der Waals surface area contributed by atoms with Crippen molar-refractivity contribution in [2.75, 3.05) is 18.5 Å². The molecule has 0 radical (unpaired) electrons. The fraction of sp³-hybridized carbons (Fsp3) is 0.353. The van der Waals surface area contributed by atoms with E-state index >= 15 is 0 Å². The molecule has 2 N–H and O–H groups in total. The monoisotopic (exact) mass is 347 g/mol. The van der Waals surface area contributed by atoms with Gasteiger partial charge in [0.15, 0.2) is 5.17 Å². The number of amides is 2. The fourth-order valence-corrected chi connectivity index (χ4v) is 2.98. The maximum atomic E-state index is 12.1. The van der Waals surface area contributed by atoms with Crippen LogP contribution < -0.4 is 15.4 Å². The molecule has 0 spiro atoms. The second kappa shape index (κ2) is 9.12. The third kappa shape index (κ3) is 5.42. The lowest BCUT2D eigenvalue weighted by molar-refractivity contribution is -0.122. The molecule has 1 aliphatic heterocycles. The highest BCUT2D eigenvalue weighted by Gasteiger charge is 2.31. The normalized spacial score (nSPS) is 18.3. The van der Waals surface area contributed by atoms with Gasteiger partial charge in [0.25, 0.3) is 0 Å². The summed E-state index contributed by atoms with van der Waals surface area (Å²) in [6, 6.07) is 7.17. The highest BCUT2D eigenvalue weighted by molar-refractivity contribution is 8.15. The Balaban J connectivity index is 1.84. The Hall–Kier alpha value is -2.28. The number of nitrogens with one attached hydrogen (secondary N) is 2. The number of carbonyl (C=O) groups excluding carboxylic acids is 2. The maximum Gasteiger partial charge on any atom is 0.240 e. The number of thioether (sulfide) groups is 1. The standard InChI is InChI=1S/C17H21N3O3S/c1-3-9-18-17-20-16(22)14(24-17)11-15(21)19-12-5-7-13(8-6-12)23-10-4-2/h3,5-8,14H,1,4,9-11H2,2H3,(H,19,21)(H,18,20,22)/t14-/m0/s1. The number of nitrogens with zero attached hydrogens (tertiary/aromatic N) is 1. The van der Waals surface area contributed by atoms with Crippen molar-refractivity contribution >= 4 is 34.4 Å². The first kappa shape index (κ1) is 18.1. The summed E-state index contributed by atoms with van der Waals surface area (Å²) in [7, 11) is 0. The van der Waals surface area contributed by atoms with Crippen molar-refractivity contribution in [3.8, 4) is 5.75 Å². The van der Waals surface area contributed by atoms with Gasteiger partial charge < -0.3 is 15.4 Å². The summed E-state index contributed by atoms with van der Waals surface area (Å²) in [6.45, 7) is 6.72. The van der Waals surface area contributed by atoms with E-state index in [4.69, 9.17) is 4.74 Å². The van der Waals surface area contributed by atoms with Gasteiger partial charge in [-0.2, -0.15) is 0 Å². The van der Waals surface area contributed by atoms with E-state index in [-0.39, 0.29) is 18.2 Å². The van der Waals surface area contributed by atoms with Gasteiger partial charge in [0, 0.05) is 12.1 Å². The highest BCUT2D eigenvalue weighted by atomic mass is 32.2. The third-order valence-corrected chi connectivity index (χ3v) is 4.24. The van der Waals surface area contributed by atoms with E-state index in [9.17, 15) is 9.59 Å². The maximum absolute atomic E-state index is 12.1. The molecule has 0 aliphatic carbocycles. The Kier molecular flexibility index (Phi) is 6.87. The van der Waals surface area contributed by atoms with Gasteiger partial charge in [-0.25, -0.2) is 0 Å². The number of carbonyl (C=O) groups is 2. The van der Waals surface area contributed by atoms with Gasteiger partial charge in [0.1, 0.15) is 11.0 Å². The molecule has 24 heavy (non-hydrogen) atoms. The van der Waals surface area contributed by atoms with E-state index in [0.717, 1.165) is 12.2 Å². The molecular formula is C17H21N3O3S. The van der Waals surface area contributed by atoms with Crippen molar-refractivity contribution in [1.29, 1.82) is 0 Å². The molecule has 0 bridgehead atoms. The fourth-order valence-electron chi connectivity index (χ4n) is 2.00. The largest absolute Gasteiger partial charge is 0.494 e. The molecule has 1 fully saturated rings. The predicted octanol–water partition coefficient (Wildman–Crippen LogP) is 2.58. The summed E-state index contributed by atoms with van der Waals surface area (Å²) in [5.41, 5.74) is 0.674. The molecule has 0 unspecified atom stereocenters. The van der Waals surface area contributed by atoms with E-state index in [1.165, 1.54) is 11.8 Å². The molecule has 1 heterocycles. The topological polar surface area (TPSA) is 79.8 Å². The van der Waals surface area contributed by atoms with Gasteiger partial charge in [0.2, 0.25) is 11.8 Å². The minimum Gasteiger partial charge on any atom is -0.494 e. The van der Waals surface area contributed by atoms with Crippen LogP contribution >= 0.6 is 11.8 Å². The zero-order valence-corrected chi connectivity index (χ0v) is 14.4. The zero-order valence-electron chi connectivity index (χ0n) is 13.6. The molecule has 0 aromatic heterocycles. The minimum absolute atomic E-state index is 0.0949. The molecule has 1 saturated heterocycles. The van der Waals surface area contributed by atoms with Crippen molar-refractivity contribution < 1.29 is 14.3 Å². The summed E-state index contributed by atoms with van der Waals surface area (Å²) in [6.07, 6.45) is 2.68. The molecule has 0 saturated carbocycles. The number of hydrogen-bond donors (Lipinski definition) is 2. The molecular weight excluding hydrogens is 326 g/mol. The first-order valence-electron chi connectivity index (χ1n) is 7.78. The van der Waals surface area contributed by atoms with Crippen LogP contribution in [0.2, 0.25) is 0 Å². The van der Waals surface area contributed by atoms with Gasteiger partial charge >= 0.3 is 0 Å². The van der Waals surface area contributed by atoms with Crippen LogP contribution in [-0.4, -0.2) is 35.4 Å². The lowest BCUT2D eigenvalue weighted by Gasteiger charge is -2.09. The van der Waals surface area contributed by atoms with Crippen molar-refractivity contribution in [2.45, 2.75) is 25.0 Å². The van der Waals surface area contributed by atoms with Gasteiger partial charge in [-0.05, 0) is 30.7 Å². The Morgan fingerprint density at radius 1 is 1.46 bits per heavy atom. The van der Waals surface area contributed by atoms with Crippen LogP contribution in [0.5, 0.6) is 5.75 Å². The molecule has 2 amide bonds. The summed E-state index contributed by atoms with van der Waals surface area (Å²) >= 11 is 1.27. The van der Waals surface area contributed by atoms with Crippen LogP contribution in [0.4, 0.5) is 5.69 Å². The Bertz CT molecular complexity index is 628. The summed E-state index contributed by atoms with van der Waals surface area (Å²) in [4.78, 5) is 28.1. The van der Waals surface area contributed by atoms with E-state index < -0.39 is 5.25 Å². The van der Waals surface area contributed by atoms with Crippen molar-refractivity contribution in [2.24, 2.45) is 4.99 Å². The second-order valence-corrected chi connectivity index (χ2v) is 6.35.